The summed E-state index contributed by atoms with van der Waals surface area (Å²) in [5.41, 5.74) is 2.18. The van der Waals surface area contributed by atoms with Crippen molar-refractivity contribution in [3.8, 4) is 0 Å². The largest absolute Gasteiger partial charge is 0.338 e. The second-order valence-electron chi connectivity index (χ2n) is 5.07. The molecule has 4 heteroatoms. The van der Waals surface area contributed by atoms with Crippen LogP contribution < -0.4 is 10.6 Å². The zero-order valence-electron chi connectivity index (χ0n) is 12.4. The number of urea groups is 1. The molecule has 0 spiro atoms. The fourth-order valence-electron chi connectivity index (χ4n) is 2.19. The van der Waals surface area contributed by atoms with Crippen LogP contribution >= 0.6 is 0 Å². The molecule has 2 aromatic carbocycles. The first-order valence-electron chi connectivity index (χ1n) is 7.35. The molecule has 2 N–H and O–H groups in total. The SMILES string of the molecule is O=C[C@H](Cc1ccccc1)NC(=O)NCCc1ccccc1. The van der Waals surface area contributed by atoms with Gasteiger partial charge < -0.3 is 15.4 Å². The number of carbonyl (C=O) groups is 2. The molecule has 114 valence electrons. The zero-order chi connectivity index (χ0) is 15.6. The fourth-order valence-corrected chi connectivity index (χ4v) is 2.19. The first kappa shape index (κ1) is 15.8. The smallest absolute Gasteiger partial charge is 0.315 e. The standard InChI is InChI=1S/C18H20N2O2/c21-14-17(13-16-9-5-2-6-10-16)20-18(22)19-12-11-15-7-3-1-4-8-15/h1-10,14,17H,11-13H2,(H2,19,20,22)/t17-/m0/s1. The summed E-state index contributed by atoms with van der Waals surface area (Å²) in [7, 11) is 0. The van der Waals surface area contributed by atoms with Crippen molar-refractivity contribution in [3.63, 3.8) is 0 Å². The van der Waals surface area contributed by atoms with Crippen molar-refractivity contribution in [1.29, 1.82) is 0 Å². The van der Waals surface area contributed by atoms with Gasteiger partial charge in [-0.1, -0.05) is 60.7 Å². The van der Waals surface area contributed by atoms with Gasteiger partial charge in [-0.2, -0.15) is 0 Å². The van der Waals surface area contributed by atoms with Crippen LogP contribution in [0.3, 0.4) is 0 Å². The van der Waals surface area contributed by atoms with Gasteiger partial charge >= 0.3 is 6.03 Å². The van der Waals surface area contributed by atoms with Crippen LogP contribution in [0.1, 0.15) is 11.1 Å². The third-order valence-corrected chi connectivity index (χ3v) is 3.32. The van der Waals surface area contributed by atoms with E-state index in [9.17, 15) is 9.59 Å². The van der Waals surface area contributed by atoms with Gasteiger partial charge in [0, 0.05) is 6.54 Å². The van der Waals surface area contributed by atoms with Gasteiger partial charge in [-0.05, 0) is 24.0 Å². The summed E-state index contributed by atoms with van der Waals surface area (Å²) >= 11 is 0. The van der Waals surface area contributed by atoms with Crippen LogP contribution in [0.5, 0.6) is 0 Å². The minimum Gasteiger partial charge on any atom is -0.338 e. The maximum atomic E-state index is 11.8. The maximum absolute atomic E-state index is 11.8. The number of hydrogen-bond acceptors (Lipinski definition) is 2. The molecule has 22 heavy (non-hydrogen) atoms. The van der Waals surface area contributed by atoms with E-state index in [1.54, 1.807) is 0 Å². The van der Waals surface area contributed by atoms with Crippen LogP contribution in [-0.2, 0) is 17.6 Å². The molecule has 0 bridgehead atoms. The lowest BCUT2D eigenvalue weighted by molar-refractivity contribution is -0.109. The van der Waals surface area contributed by atoms with Gasteiger partial charge in [-0.3, -0.25) is 0 Å². The van der Waals surface area contributed by atoms with E-state index in [4.69, 9.17) is 0 Å². The van der Waals surface area contributed by atoms with Crippen LogP contribution in [0.15, 0.2) is 60.7 Å². The Labute approximate surface area is 130 Å². The first-order chi connectivity index (χ1) is 10.8. The zero-order valence-corrected chi connectivity index (χ0v) is 12.4. The summed E-state index contributed by atoms with van der Waals surface area (Å²) in [6.07, 6.45) is 2.03. The number of aldehydes is 1. The highest BCUT2D eigenvalue weighted by atomic mass is 16.2. The van der Waals surface area contributed by atoms with Crippen molar-refractivity contribution >= 4 is 12.3 Å². The molecule has 0 aliphatic carbocycles. The predicted molar refractivity (Wildman–Crippen MR) is 86.7 cm³/mol. The third kappa shape index (κ3) is 5.40. The van der Waals surface area contributed by atoms with E-state index in [0.717, 1.165) is 18.3 Å². The van der Waals surface area contributed by atoms with Gasteiger partial charge in [0.25, 0.3) is 0 Å². The molecule has 0 aromatic heterocycles. The predicted octanol–water partition coefficient (Wildman–Crippen LogP) is 2.34. The van der Waals surface area contributed by atoms with E-state index >= 15 is 0 Å². The van der Waals surface area contributed by atoms with E-state index < -0.39 is 6.04 Å². The van der Waals surface area contributed by atoms with Gasteiger partial charge in [-0.25, -0.2) is 4.79 Å². The Hall–Kier alpha value is -2.62. The van der Waals surface area contributed by atoms with E-state index in [1.807, 2.05) is 60.7 Å². The second-order valence-corrected chi connectivity index (χ2v) is 5.07. The van der Waals surface area contributed by atoms with E-state index in [2.05, 4.69) is 10.6 Å². The minimum absolute atomic E-state index is 0.316. The van der Waals surface area contributed by atoms with Crippen molar-refractivity contribution in [2.45, 2.75) is 18.9 Å². The third-order valence-electron chi connectivity index (χ3n) is 3.32. The Morgan fingerprint density at radius 1 is 0.955 bits per heavy atom. The summed E-state index contributed by atoms with van der Waals surface area (Å²) in [6, 6.07) is 18.7. The molecule has 0 saturated carbocycles. The summed E-state index contributed by atoms with van der Waals surface area (Å²) < 4.78 is 0. The number of hydrogen-bond donors (Lipinski definition) is 2. The molecule has 0 saturated heterocycles. The molecule has 0 aliphatic heterocycles. The monoisotopic (exact) mass is 296 g/mol. The number of carbonyl (C=O) groups excluding carboxylic acids is 2. The molecule has 0 heterocycles. The Bertz CT molecular complexity index is 585. The molecule has 2 aromatic rings. The quantitative estimate of drug-likeness (QED) is 0.771. The molecule has 0 unspecified atom stereocenters. The lowest BCUT2D eigenvalue weighted by Crippen LogP contribution is -2.44. The number of benzene rings is 2. The molecule has 1 atom stereocenters. The molecule has 0 fully saturated rings. The molecule has 4 nitrogen and oxygen atoms in total. The topological polar surface area (TPSA) is 58.2 Å². The van der Waals surface area contributed by atoms with E-state index in [1.165, 1.54) is 5.56 Å². The van der Waals surface area contributed by atoms with Crippen molar-refractivity contribution in [2.75, 3.05) is 6.54 Å². The Kier molecular flexibility index (Phi) is 6.18. The number of nitrogens with one attached hydrogen (secondary N) is 2. The van der Waals surface area contributed by atoms with Gasteiger partial charge in [0.15, 0.2) is 0 Å². The average molecular weight is 296 g/mol. The molecule has 0 aliphatic rings. The Morgan fingerprint density at radius 3 is 2.14 bits per heavy atom. The van der Waals surface area contributed by atoms with Crippen molar-refractivity contribution in [3.05, 3.63) is 71.8 Å². The highest BCUT2D eigenvalue weighted by Crippen LogP contribution is 2.02. The highest BCUT2D eigenvalue weighted by molar-refractivity contribution is 5.78. The molecule has 0 radical (unpaired) electrons. The molecular formula is C18H20N2O2. The van der Waals surface area contributed by atoms with Crippen molar-refractivity contribution in [1.82, 2.24) is 10.6 Å². The fraction of sp³-hybridized carbons (Fsp3) is 0.222. The van der Waals surface area contributed by atoms with E-state index in [0.29, 0.717) is 13.0 Å². The molecule has 2 amide bonds. The van der Waals surface area contributed by atoms with Crippen LogP contribution in [0.2, 0.25) is 0 Å². The minimum atomic E-state index is -0.515. The molecular weight excluding hydrogens is 276 g/mol. The van der Waals surface area contributed by atoms with Crippen LogP contribution in [0.4, 0.5) is 4.79 Å². The number of rotatable bonds is 7. The van der Waals surface area contributed by atoms with Gasteiger partial charge in [0.2, 0.25) is 0 Å². The van der Waals surface area contributed by atoms with Crippen molar-refractivity contribution in [2.24, 2.45) is 0 Å². The van der Waals surface area contributed by atoms with Crippen molar-refractivity contribution < 1.29 is 9.59 Å². The van der Waals surface area contributed by atoms with Crippen LogP contribution in [0.25, 0.3) is 0 Å². The Morgan fingerprint density at radius 2 is 1.55 bits per heavy atom. The molecule has 2 rings (SSSR count). The Balaban J connectivity index is 1.74. The van der Waals surface area contributed by atoms with E-state index in [-0.39, 0.29) is 6.03 Å². The summed E-state index contributed by atoms with van der Waals surface area (Å²) in [4.78, 5) is 22.9. The van der Waals surface area contributed by atoms with Gasteiger partial charge in [0.1, 0.15) is 6.29 Å². The summed E-state index contributed by atoms with van der Waals surface area (Å²) in [5.74, 6) is 0. The van der Waals surface area contributed by atoms with Crippen LogP contribution in [0, 0.1) is 0 Å². The average Bonchev–Trinajstić information content (AvgIpc) is 2.56. The lowest BCUT2D eigenvalue weighted by atomic mass is 10.1. The number of amides is 2. The first-order valence-corrected chi connectivity index (χ1v) is 7.35. The maximum Gasteiger partial charge on any atom is 0.315 e. The van der Waals surface area contributed by atoms with Gasteiger partial charge in [-0.15, -0.1) is 0 Å². The normalized spacial score (nSPS) is 11.5. The summed E-state index contributed by atoms with van der Waals surface area (Å²) in [5, 5.41) is 5.46. The lowest BCUT2D eigenvalue weighted by Gasteiger charge is -2.13. The van der Waals surface area contributed by atoms with Crippen LogP contribution in [-0.4, -0.2) is 24.9 Å². The second kappa shape index (κ2) is 8.62. The highest BCUT2D eigenvalue weighted by Gasteiger charge is 2.11. The van der Waals surface area contributed by atoms with Gasteiger partial charge in [0.05, 0.1) is 6.04 Å². The summed E-state index contributed by atoms with van der Waals surface area (Å²) in [6.45, 7) is 0.534.